The predicted octanol–water partition coefficient (Wildman–Crippen LogP) is 0.714. The fraction of sp³-hybridized carbons (Fsp3) is 0. The first-order valence-corrected chi connectivity index (χ1v) is 3.34. The van der Waals surface area contributed by atoms with E-state index in [4.69, 9.17) is 10.3 Å². The smallest absolute Gasteiger partial charge is 0.261 e. The summed E-state index contributed by atoms with van der Waals surface area (Å²) < 4.78 is 4.82. The molecule has 2 rings (SSSR count). The van der Waals surface area contributed by atoms with E-state index in [1.165, 1.54) is 6.33 Å². The fourth-order valence-electron chi connectivity index (χ4n) is 0.876. The molecule has 0 aliphatic carbocycles. The lowest BCUT2D eigenvalue weighted by atomic mass is 10.2. The van der Waals surface area contributed by atoms with Gasteiger partial charge in [-0.05, 0) is 6.07 Å². The second kappa shape index (κ2) is 2.61. The summed E-state index contributed by atoms with van der Waals surface area (Å²) in [6, 6.07) is 1.68. The molecule has 0 aromatic carbocycles. The number of aromatic nitrogens is 3. The number of pyridine rings is 1. The maximum atomic E-state index is 5.64. The molecule has 0 aliphatic heterocycles. The van der Waals surface area contributed by atoms with Gasteiger partial charge in [-0.2, -0.15) is 4.98 Å². The summed E-state index contributed by atoms with van der Waals surface area (Å²) in [5.41, 5.74) is 6.88. The summed E-state index contributed by atoms with van der Waals surface area (Å²) in [7, 11) is 0. The third-order valence-electron chi connectivity index (χ3n) is 1.45. The average Bonchev–Trinajstić information content (AvgIpc) is 2.57. The number of nitrogens with zero attached hydrogens (tertiary/aromatic N) is 3. The van der Waals surface area contributed by atoms with Gasteiger partial charge in [-0.1, -0.05) is 5.16 Å². The highest BCUT2D eigenvalue weighted by Gasteiger charge is 2.06. The highest BCUT2D eigenvalue weighted by Crippen LogP contribution is 2.20. The van der Waals surface area contributed by atoms with Gasteiger partial charge in [-0.25, -0.2) is 0 Å². The summed E-state index contributed by atoms with van der Waals surface area (Å²) in [6.07, 6.45) is 4.51. The summed E-state index contributed by atoms with van der Waals surface area (Å²) in [5.74, 6) is 0.389. The molecule has 12 heavy (non-hydrogen) atoms. The molecule has 2 aromatic heterocycles. The summed E-state index contributed by atoms with van der Waals surface area (Å²) in [4.78, 5) is 7.74. The maximum absolute atomic E-state index is 5.64. The van der Waals surface area contributed by atoms with Gasteiger partial charge in [-0.15, -0.1) is 0 Å². The topological polar surface area (TPSA) is 77.8 Å². The molecule has 2 aromatic rings. The van der Waals surface area contributed by atoms with E-state index >= 15 is 0 Å². The van der Waals surface area contributed by atoms with Crippen LogP contribution >= 0.6 is 0 Å². The van der Waals surface area contributed by atoms with Crippen molar-refractivity contribution in [3.05, 3.63) is 24.8 Å². The quantitative estimate of drug-likeness (QED) is 0.668. The van der Waals surface area contributed by atoms with Gasteiger partial charge < -0.3 is 10.3 Å². The predicted molar refractivity (Wildman–Crippen MR) is 41.9 cm³/mol. The molecule has 0 atom stereocenters. The van der Waals surface area contributed by atoms with Crippen LogP contribution in [0.5, 0.6) is 0 Å². The molecule has 0 saturated carbocycles. The van der Waals surface area contributed by atoms with Crippen molar-refractivity contribution < 1.29 is 4.52 Å². The summed E-state index contributed by atoms with van der Waals surface area (Å²) in [5, 5.41) is 3.47. The molecule has 2 heterocycles. The van der Waals surface area contributed by atoms with Crippen molar-refractivity contribution in [1.82, 2.24) is 15.1 Å². The zero-order valence-electron chi connectivity index (χ0n) is 6.14. The van der Waals surface area contributed by atoms with Crippen molar-refractivity contribution in [3.63, 3.8) is 0 Å². The molecule has 0 fully saturated rings. The molecule has 0 amide bonds. The molecule has 0 unspecified atom stereocenters. The lowest BCUT2D eigenvalue weighted by molar-refractivity contribution is 0.430. The Hall–Kier alpha value is -1.91. The van der Waals surface area contributed by atoms with Gasteiger partial charge in [0.05, 0.1) is 5.56 Å². The number of hydrogen-bond donors (Lipinski definition) is 1. The lowest BCUT2D eigenvalue weighted by Gasteiger charge is -1.96. The molecule has 5 heteroatoms. The molecule has 0 bridgehead atoms. The number of nitrogen functional groups attached to an aromatic ring is 1. The largest absolute Gasteiger partial charge is 0.398 e. The molecular formula is C7H6N4O. The molecule has 2 N–H and O–H groups in total. The Morgan fingerprint density at radius 1 is 1.42 bits per heavy atom. The third-order valence-corrected chi connectivity index (χ3v) is 1.45. The average molecular weight is 162 g/mol. The molecular weight excluding hydrogens is 156 g/mol. The second-order valence-corrected chi connectivity index (χ2v) is 2.21. The monoisotopic (exact) mass is 162 g/mol. The number of nitrogens with two attached hydrogens (primary N) is 1. The minimum atomic E-state index is 0.389. The van der Waals surface area contributed by atoms with E-state index in [0.29, 0.717) is 17.1 Å². The fourth-order valence-corrected chi connectivity index (χ4v) is 0.876. The van der Waals surface area contributed by atoms with Gasteiger partial charge in [0.15, 0.2) is 6.33 Å². The van der Waals surface area contributed by atoms with Crippen molar-refractivity contribution >= 4 is 5.69 Å². The Labute approximate surface area is 68.2 Å². The van der Waals surface area contributed by atoms with Crippen LogP contribution in [0.25, 0.3) is 11.5 Å². The summed E-state index contributed by atoms with van der Waals surface area (Å²) in [6.45, 7) is 0. The van der Waals surface area contributed by atoms with Gasteiger partial charge in [-0.3, -0.25) is 4.98 Å². The molecule has 0 radical (unpaired) electrons. The Kier molecular flexibility index (Phi) is 1.48. The lowest BCUT2D eigenvalue weighted by Crippen LogP contribution is -1.90. The Bertz CT molecular complexity index is 371. The highest BCUT2D eigenvalue weighted by molar-refractivity contribution is 5.68. The van der Waals surface area contributed by atoms with Crippen LogP contribution in [0, 0.1) is 0 Å². The van der Waals surface area contributed by atoms with Crippen molar-refractivity contribution in [2.45, 2.75) is 0 Å². The van der Waals surface area contributed by atoms with Crippen LogP contribution in [0.1, 0.15) is 0 Å². The minimum Gasteiger partial charge on any atom is -0.398 e. The van der Waals surface area contributed by atoms with Crippen molar-refractivity contribution in [2.75, 3.05) is 5.73 Å². The zero-order valence-corrected chi connectivity index (χ0v) is 6.14. The van der Waals surface area contributed by atoms with Crippen LogP contribution in [0.15, 0.2) is 29.3 Å². The Balaban J connectivity index is 2.55. The standard InChI is InChI=1S/C7H6N4O/c8-6-1-2-9-3-5(6)7-10-4-11-12-7/h1-4H,(H2,8,9). The van der Waals surface area contributed by atoms with E-state index in [2.05, 4.69) is 15.1 Å². The van der Waals surface area contributed by atoms with E-state index in [-0.39, 0.29) is 0 Å². The first-order valence-electron chi connectivity index (χ1n) is 3.34. The minimum absolute atomic E-state index is 0.389. The first-order chi connectivity index (χ1) is 5.88. The van der Waals surface area contributed by atoms with Gasteiger partial charge in [0.2, 0.25) is 0 Å². The van der Waals surface area contributed by atoms with Gasteiger partial charge in [0.1, 0.15) is 0 Å². The molecule has 0 saturated heterocycles. The van der Waals surface area contributed by atoms with Crippen LogP contribution < -0.4 is 5.73 Å². The van der Waals surface area contributed by atoms with Gasteiger partial charge in [0, 0.05) is 18.1 Å². The van der Waals surface area contributed by atoms with Crippen LogP contribution in [-0.2, 0) is 0 Å². The normalized spacial score (nSPS) is 10.0. The van der Waals surface area contributed by atoms with Crippen LogP contribution in [0.3, 0.4) is 0 Å². The van der Waals surface area contributed by atoms with E-state index in [1.54, 1.807) is 18.5 Å². The Morgan fingerprint density at radius 2 is 2.33 bits per heavy atom. The maximum Gasteiger partial charge on any atom is 0.261 e. The number of hydrogen-bond acceptors (Lipinski definition) is 5. The molecule has 60 valence electrons. The van der Waals surface area contributed by atoms with Gasteiger partial charge in [0.25, 0.3) is 5.89 Å². The third kappa shape index (κ3) is 1.01. The van der Waals surface area contributed by atoms with E-state index < -0.39 is 0 Å². The summed E-state index contributed by atoms with van der Waals surface area (Å²) >= 11 is 0. The van der Waals surface area contributed by atoms with E-state index in [9.17, 15) is 0 Å². The second-order valence-electron chi connectivity index (χ2n) is 2.21. The van der Waals surface area contributed by atoms with Crippen LogP contribution in [-0.4, -0.2) is 15.1 Å². The number of anilines is 1. The van der Waals surface area contributed by atoms with E-state index in [1.807, 2.05) is 0 Å². The van der Waals surface area contributed by atoms with Crippen molar-refractivity contribution in [3.8, 4) is 11.5 Å². The van der Waals surface area contributed by atoms with E-state index in [0.717, 1.165) is 0 Å². The Morgan fingerprint density at radius 3 is 3.00 bits per heavy atom. The van der Waals surface area contributed by atoms with Crippen LogP contribution in [0.2, 0.25) is 0 Å². The van der Waals surface area contributed by atoms with Crippen LogP contribution in [0.4, 0.5) is 5.69 Å². The zero-order chi connectivity index (χ0) is 8.39. The molecule has 0 aliphatic rings. The molecule has 0 spiro atoms. The van der Waals surface area contributed by atoms with Gasteiger partial charge >= 0.3 is 0 Å². The SMILES string of the molecule is Nc1ccncc1-c1ncno1. The first kappa shape index (κ1) is 6.78. The molecule has 5 nitrogen and oxygen atoms in total. The van der Waals surface area contributed by atoms with Crippen molar-refractivity contribution in [2.24, 2.45) is 0 Å². The number of rotatable bonds is 1. The van der Waals surface area contributed by atoms with Crippen molar-refractivity contribution in [1.29, 1.82) is 0 Å². The highest BCUT2D eigenvalue weighted by atomic mass is 16.5.